The Bertz CT molecular complexity index is 294. The lowest BCUT2D eigenvalue weighted by Crippen LogP contribution is -2.31. The average molecular weight is 190 g/mol. The lowest BCUT2D eigenvalue weighted by molar-refractivity contribution is -0.121. The highest BCUT2D eigenvalue weighted by atomic mass is 16.1. The molecule has 1 heteroatoms. The Morgan fingerprint density at radius 2 is 2.21 bits per heavy atom. The Balaban J connectivity index is 2.22. The van der Waals surface area contributed by atoms with Gasteiger partial charge in [-0.3, -0.25) is 4.79 Å². The minimum absolute atomic E-state index is 0.253. The van der Waals surface area contributed by atoms with Crippen LogP contribution < -0.4 is 0 Å². The molecule has 0 aromatic rings. The van der Waals surface area contributed by atoms with Gasteiger partial charge in [0, 0.05) is 5.92 Å². The van der Waals surface area contributed by atoms with Gasteiger partial charge in [0.2, 0.25) is 0 Å². The number of carbonyl (C=O) groups is 1. The molecule has 0 amide bonds. The van der Waals surface area contributed by atoms with Crippen molar-refractivity contribution in [3.05, 3.63) is 24.3 Å². The molecular weight excluding hydrogens is 172 g/mol. The van der Waals surface area contributed by atoms with Crippen LogP contribution in [0.4, 0.5) is 0 Å². The molecule has 0 radical (unpaired) electrons. The molecule has 2 aliphatic carbocycles. The number of ketones is 1. The fourth-order valence-corrected chi connectivity index (χ4v) is 2.82. The Kier molecular flexibility index (Phi) is 2.34. The molecule has 76 valence electrons. The van der Waals surface area contributed by atoms with E-state index < -0.39 is 0 Å². The van der Waals surface area contributed by atoms with Crippen LogP contribution in [0.25, 0.3) is 0 Å². The summed E-state index contributed by atoms with van der Waals surface area (Å²) in [5, 5.41) is 0. The van der Waals surface area contributed by atoms with Gasteiger partial charge in [0.25, 0.3) is 0 Å². The molecule has 0 N–H and O–H groups in total. The summed E-state index contributed by atoms with van der Waals surface area (Å²) in [7, 11) is 0. The molecule has 2 unspecified atom stereocenters. The first-order valence-corrected chi connectivity index (χ1v) is 5.53. The topological polar surface area (TPSA) is 17.1 Å². The van der Waals surface area contributed by atoms with Crippen LogP contribution in [-0.2, 0) is 4.79 Å². The lowest BCUT2D eigenvalue weighted by atomic mass is 9.71. The van der Waals surface area contributed by atoms with Crippen LogP contribution in [0, 0.1) is 17.3 Å². The third-order valence-electron chi connectivity index (χ3n) is 3.68. The first kappa shape index (κ1) is 9.70. The second-order valence-electron chi connectivity index (χ2n) is 4.73. The van der Waals surface area contributed by atoms with Gasteiger partial charge in [-0.15, -0.1) is 0 Å². The molecule has 2 aliphatic rings. The largest absolute Gasteiger partial charge is 0.295 e. The van der Waals surface area contributed by atoms with Crippen LogP contribution in [0.15, 0.2) is 24.3 Å². The van der Waals surface area contributed by atoms with Crippen molar-refractivity contribution in [2.24, 2.45) is 17.3 Å². The van der Waals surface area contributed by atoms with E-state index in [0.29, 0.717) is 17.1 Å². The van der Waals surface area contributed by atoms with E-state index in [9.17, 15) is 4.79 Å². The van der Waals surface area contributed by atoms with Crippen LogP contribution in [-0.4, -0.2) is 5.78 Å². The quantitative estimate of drug-likeness (QED) is 0.483. The molecule has 0 saturated heterocycles. The minimum atomic E-state index is 0.253. The predicted octanol–water partition coefficient (Wildman–Crippen LogP) is 3.12. The minimum Gasteiger partial charge on any atom is -0.295 e. The third-order valence-corrected chi connectivity index (χ3v) is 3.68. The molecule has 0 bridgehead atoms. The van der Waals surface area contributed by atoms with Crippen LogP contribution in [0.1, 0.15) is 33.1 Å². The van der Waals surface area contributed by atoms with Gasteiger partial charge < -0.3 is 0 Å². The van der Waals surface area contributed by atoms with E-state index in [1.54, 1.807) is 6.08 Å². The van der Waals surface area contributed by atoms with Gasteiger partial charge in [-0.05, 0) is 43.6 Å². The van der Waals surface area contributed by atoms with Crippen molar-refractivity contribution >= 4 is 5.78 Å². The molecular formula is C13H18O. The van der Waals surface area contributed by atoms with E-state index in [2.05, 4.69) is 19.1 Å². The number of rotatable bonds is 2. The predicted molar refractivity (Wildman–Crippen MR) is 57.9 cm³/mol. The van der Waals surface area contributed by atoms with Gasteiger partial charge >= 0.3 is 0 Å². The molecule has 0 aliphatic heterocycles. The molecule has 14 heavy (non-hydrogen) atoms. The van der Waals surface area contributed by atoms with E-state index in [4.69, 9.17) is 0 Å². The Labute approximate surface area is 85.9 Å². The normalized spacial score (nSPS) is 33.9. The van der Waals surface area contributed by atoms with Crippen molar-refractivity contribution in [2.75, 3.05) is 0 Å². The van der Waals surface area contributed by atoms with Gasteiger partial charge in [0.05, 0.1) is 0 Å². The summed E-state index contributed by atoms with van der Waals surface area (Å²) in [6.07, 6.45) is 11.7. The van der Waals surface area contributed by atoms with Gasteiger partial charge in [0.15, 0.2) is 5.78 Å². The number of carbonyl (C=O) groups excluding carboxylic acids is 1. The van der Waals surface area contributed by atoms with E-state index >= 15 is 0 Å². The van der Waals surface area contributed by atoms with Gasteiger partial charge in [-0.2, -0.15) is 0 Å². The Morgan fingerprint density at radius 1 is 1.50 bits per heavy atom. The van der Waals surface area contributed by atoms with Crippen LogP contribution in [0.3, 0.4) is 0 Å². The highest BCUT2D eigenvalue weighted by Gasteiger charge is 2.53. The maximum Gasteiger partial charge on any atom is 0.159 e. The van der Waals surface area contributed by atoms with Gasteiger partial charge in [-0.1, -0.05) is 25.2 Å². The fraction of sp³-hybridized carbons (Fsp3) is 0.615. The summed E-state index contributed by atoms with van der Waals surface area (Å²) in [6, 6.07) is 0. The summed E-state index contributed by atoms with van der Waals surface area (Å²) < 4.78 is 0. The Hall–Kier alpha value is -0.850. The molecule has 1 nitrogen and oxygen atoms in total. The van der Waals surface area contributed by atoms with Crippen molar-refractivity contribution in [2.45, 2.75) is 33.1 Å². The first-order chi connectivity index (χ1) is 6.69. The number of allylic oxidation sites excluding steroid dienone is 4. The summed E-state index contributed by atoms with van der Waals surface area (Å²) in [5.41, 5.74) is 0.352. The molecule has 1 spiro atoms. The van der Waals surface area contributed by atoms with E-state index in [0.717, 1.165) is 6.42 Å². The van der Waals surface area contributed by atoms with Crippen molar-refractivity contribution in [3.63, 3.8) is 0 Å². The number of hydrogen-bond donors (Lipinski definition) is 0. The second-order valence-corrected chi connectivity index (χ2v) is 4.73. The zero-order valence-electron chi connectivity index (χ0n) is 8.99. The maximum absolute atomic E-state index is 11.9. The highest BCUT2D eigenvalue weighted by molar-refractivity contribution is 5.93. The average Bonchev–Trinajstić information content (AvgIpc) is 2.85. The van der Waals surface area contributed by atoms with Crippen molar-refractivity contribution < 1.29 is 4.79 Å². The summed E-state index contributed by atoms with van der Waals surface area (Å²) in [5.74, 6) is 1.01. The third kappa shape index (κ3) is 1.45. The molecule has 0 aromatic carbocycles. The summed E-state index contributed by atoms with van der Waals surface area (Å²) >= 11 is 0. The first-order valence-electron chi connectivity index (χ1n) is 5.53. The monoisotopic (exact) mass is 190 g/mol. The van der Waals surface area contributed by atoms with Crippen LogP contribution in [0.2, 0.25) is 0 Å². The van der Waals surface area contributed by atoms with Crippen molar-refractivity contribution in [1.82, 2.24) is 0 Å². The molecule has 2 rings (SSSR count). The van der Waals surface area contributed by atoms with Gasteiger partial charge in [-0.25, -0.2) is 0 Å². The van der Waals surface area contributed by atoms with E-state index in [-0.39, 0.29) is 5.92 Å². The van der Waals surface area contributed by atoms with Crippen molar-refractivity contribution in [3.8, 4) is 0 Å². The van der Waals surface area contributed by atoms with Gasteiger partial charge in [0.1, 0.15) is 0 Å². The summed E-state index contributed by atoms with van der Waals surface area (Å²) in [6.45, 7) is 4.09. The zero-order valence-corrected chi connectivity index (χ0v) is 8.99. The molecule has 0 heterocycles. The highest BCUT2D eigenvalue weighted by Crippen LogP contribution is 2.59. The SMILES string of the molecule is CC=CC(=O)C1C(C)C=CCC12CC2. The second kappa shape index (κ2) is 3.38. The Morgan fingerprint density at radius 3 is 2.79 bits per heavy atom. The zero-order chi connectivity index (χ0) is 10.2. The van der Waals surface area contributed by atoms with E-state index in [1.807, 2.05) is 13.0 Å². The van der Waals surface area contributed by atoms with Crippen molar-refractivity contribution in [1.29, 1.82) is 0 Å². The van der Waals surface area contributed by atoms with Crippen LogP contribution >= 0.6 is 0 Å². The summed E-state index contributed by atoms with van der Waals surface area (Å²) in [4.78, 5) is 11.9. The standard InChI is InChI=1S/C13H18O/c1-3-5-11(14)12-10(2)6-4-7-13(12)8-9-13/h3-6,10,12H,7-9H2,1-2H3. The van der Waals surface area contributed by atoms with E-state index in [1.165, 1.54) is 12.8 Å². The molecule has 1 fully saturated rings. The molecule has 2 atom stereocenters. The number of hydrogen-bond acceptors (Lipinski definition) is 1. The molecule has 1 saturated carbocycles. The smallest absolute Gasteiger partial charge is 0.159 e. The van der Waals surface area contributed by atoms with Crippen LogP contribution in [0.5, 0.6) is 0 Å². The fourth-order valence-electron chi connectivity index (χ4n) is 2.82. The lowest BCUT2D eigenvalue weighted by Gasteiger charge is -2.31. The molecule has 0 aromatic heterocycles. The maximum atomic E-state index is 11.9.